The molecule has 0 aliphatic carbocycles. The second-order valence-corrected chi connectivity index (χ2v) is 10.5. The largest absolute Gasteiger partial charge is 0.481 e. The molecule has 0 unspecified atom stereocenters. The first-order chi connectivity index (χ1) is 18.9. The molecule has 9 nitrogen and oxygen atoms in total. The van der Waals surface area contributed by atoms with Gasteiger partial charge in [0.25, 0.3) is 0 Å². The van der Waals surface area contributed by atoms with Gasteiger partial charge >= 0.3 is 5.97 Å². The molecule has 3 N–H and O–H groups in total. The molecule has 0 fully saturated rings. The highest BCUT2D eigenvalue weighted by Crippen LogP contribution is 2.14. The zero-order valence-electron chi connectivity index (χ0n) is 23.8. The lowest BCUT2D eigenvalue weighted by atomic mass is 10.0. The molecule has 2 amide bonds. The second-order valence-electron chi connectivity index (χ2n) is 10.5. The van der Waals surface area contributed by atoms with Crippen LogP contribution in [0, 0.1) is 0 Å². The van der Waals surface area contributed by atoms with Crippen molar-refractivity contribution in [2.75, 3.05) is 0 Å². The van der Waals surface area contributed by atoms with E-state index in [2.05, 4.69) is 10.6 Å². The summed E-state index contributed by atoms with van der Waals surface area (Å²) >= 11 is 0. The lowest BCUT2D eigenvalue weighted by Gasteiger charge is -2.14. The third kappa shape index (κ3) is 25.5. The van der Waals surface area contributed by atoms with Crippen LogP contribution in [0.3, 0.4) is 0 Å². The van der Waals surface area contributed by atoms with Gasteiger partial charge in [0.2, 0.25) is 11.8 Å². The van der Waals surface area contributed by atoms with Gasteiger partial charge in [0.1, 0.15) is 18.9 Å². The van der Waals surface area contributed by atoms with Crippen LogP contribution in [0.2, 0.25) is 0 Å². The van der Waals surface area contributed by atoms with Gasteiger partial charge in [-0.05, 0) is 25.7 Å². The number of amides is 2. The quantitative estimate of drug-likeness (QED) is 0.0851. The van der Waals surface area contributed by atoms with Crippen LogP contribution < -0.4 is 10.6 Å². The van der Waals surface area contributed by atoms with Crippen LogP contribution in [0.25, 0.3) is 0 Å². The summed E-state index contributed by atoms with van der Waals surface area (Å²) in [6.07, 6.45) is 21.5. The van der Waals surface area contributed by atoms with Gasteiger partial charge < -0.3 is 30.1 Å². The predicted octanol–water partition coefficient (Wildman–Crippen LogP) is 5.22. The maximum atomic E-state index is 12.1. The average Bonchev–Trinajstić information content (AvgIpc) is 2.92. The molecule has 0 aromatic rings. The fourth-order valence-electron chi connectivity index (χ4n) is 4.48. The first kappa shape index (κ1) is 36.4. The third-order valence-corrected chi connectivity index (χ3v) is 6.84. The van der Waals surface area contributed by atoms with Crippen molar-refractivity contribution in [3.8, 4) is 0 Å². The Bertz CT molecular complexity index is 684. The van der Waals surface area contributed by atoms with Crippen molar-refractivity contribution >= 4 is 36.6 Å². The number of hydrogen-bond donors (Lipinski definition) is 3. The lowest BCUT2D eigenvalue weighted by molar-refractivity contribution is -0.137. The van der Waals surface area contributed by atoms with E-state index >= 15 is 0 Å². The monoisotopic (exact) mass is 552 g/mol. The molecule has 0 aliphatic heterocycles. The molecule has 0 saturated heterocycles. The number of aldehydes is 3. The Balaban J connectivity index is 3.58. The number of rotatable bonds is 29. The van der Waals surface area contributed by atoms with E-state index in [-0.39, 0.29) is 31.6 Å². The highest BCUT2D eigenvalue weighted by molar-refractivity contribution is 5.82. The lowest BCUT2D eigenvalue weighted by Crippen LogP contribution is -2.39. The zero-order chi connectivity index (χ0) is 29.0. The van der Waals surface area contributed by atoms with E-state index in [4.69, 9.17) is 5.11 Å². The third-order valence-electron chi connectivity index (χ3n) is 6.84. The van der Waals surface area contributed by atoms with Gasteiger partial charge in [-0.3, -0.25) is 14.4 Å². The summed E-state index contributed by atoms with van der Waals surface area (Å²) in [5.74, 6) is -1.28. The van der Waals surface area contributed by atoms with Crippen molar-refractivity contribution in [2.24, 2.45) is 0 Å². The number of hydrogen-bond acceptors (Lipinski definition) is 6. The van der Waals surface area contributed by atoms with Crippen LogP contribution in [-0.2, 0) is 28.8 Å². The summed E-state index contributed by atoms with van der Waals surface area (Å²) in [4.78, 5) is 67.1. The summed E-state index contributed by atoms with van der Waals surface area (Å²) < 4.78 is 0. The Hall–Kier alpha value is -2.58. The first-order valence-electron chi connectivity index (χ1n) is 15.1. The molecule has 0 saturated carbocycles. The van der Waals surface area contributed by atoms with E-state index in [0.29, 0.717) is 31.7 Å². The molecule has 0 aliphatic rings. The van der Waals surface area contributed by atoms with Gasteiger partial charge in [-0.15, -0.1) is 0 Å². The maximum absolute atomic E-state index is 12.1. The van der Waals surface area contributed by atoms with Crippen LogP contribution in [0.15, 0.2) is 0 Å². The van der Waals surface area contributed by atoms with Crippen LogP contribution in [0.1, 0.15) is 141 Å². The normalized spacial score (nSPS) is 12.3. The molecule has 39 heavy (non-hydrogen) atoms. The minimum Gasteiger partial charge on any atom is -0.481 e. The van der Waals surface area contributed by atoms with E-state index in [1.165, 1.54) is 64.2 Å². The van der Waals surface area contributed by atoms with Gasteiger partial charge in [0.05, 0.1) is 12.1 Å². The second kappa shape index (κ2) is 27.0. The Labute approximate surface area is 234 Å². The fourth-order valence-corrected chi connectivity index (χ4v) is 4.48. The summed E-state index contributed by atoms with van der Waals surface area (Å²) in [7, 11) is 0. The van der Waals surface area contributed by atoms with Gasteiger partial charge in [-0.25, -0.2) is 0 Å². The molecule has 0 aromatic heterocycles. The summed E-state index contributed by atoms with van der Waals surface area (Å²) in [5, 5.41) is 13.8. The van der Waals surface area contributed by atoms with Crippen LogP contribution >= 0.6 is 0 Å². The summed E-state index contributed by atoms with van der Waals surface area (Å²) in [5.41, 5.74) is 0. The number of carbonyl (C=O) groups is 6. The highest BCUT2D eigenvalue weighted by atomic mass is 16.4. The molecule has 0 aromatic carbocycles. The maximum Gasteiger partial charge on any atom is 0.303 e. The summed E-state index contributed by atoms with van der Waals surface area (Å²) in [6.45, 7) is 0. The highest BCUT2D eigenvalue weighted by Gasteiger charge is 2.15. The topological polar surface area (TPSA) is 147 Å². The average molecular weight is 553 g/mol. The van der Waals surface area contributed by atoms with Crippen molar-refractivity contribution in [3.05, 3.63) is 0 Å². The fraction of sp³-hybridized carbons (Fsp3) is 0.800. The van der Waals surface area contributed by atoms with Crippen molar-refractivity contribution in [2.45, 2.75) is 153 Å². The molecule has 2 atom stereocenters. The first-order valence-corrected chi connectivity index (χ1v) is 15.1. The van der Waals surface area contributed by atoms with Crippen molar-refractivity contribution in [1.82, 2.24) is 10.6 Å². The number of carbonyl (C=O) groups excluding carboxylic acids is 5. The van der Waals surface area contributed by atoms with Crippen molar-refractivity contribution < 1.29 is 33.9 Å². The van der Waals surface area contributed by atoms with E-state index in [0.717, 1.165) is 38.5 Å². The molecule has 224 valence electrons. The van der Waals surface area contributed by atoms with Crippen molar-refractivity contribution in [3.63, 3.8) is 0 Å². The molecule has 9 heteroatoms. The van der Waals surface area contributed by atoms with E-state index in [9.17, 15) is 28.8 Å². The molecule has 0 bridgehead atoms. The Morgan fingerprint density at radius 3 is 1.26 bits per heavy atom. The number of unbranched alkanes of at least 4 members (excludes halogenated alkanes) is 15. The zero-order valence-corrected chi connectivity index (χ0v) is 23.8. The van der Waals surface area contributed by atoms with Gasteiger partial charge in [0, 0.05) is 25.7 Å². The van der Waals surface area contributed by atoms with E-state index in [1.807, 2.05) is 0 Å². The summed E-state index contributed by atoms with van der Waals surface area (Å²) in [6, 6.07) is -1.45. The van der Waals surface area contributed by atoms with Crippen LogP contribution in [0.4, 0.5) is 0 Å². The number of carboxylic acids is 1. The number of carboxylic acid groups (broad SMARTS) is 1. The minimum atomic E-state index is -0.733. The Kier molecular flexibility index (Phi) is 25.2. The molecule has 0 radical (unpaired) electrons. The van der Waals surface area contributed by atoms with Gasteiger partial charge in [0.15, 0.2) is 0 Å². The standard InChI is InChI=1S/C30H52N2O7/c33-23-17-18-26(24-34)31-29(37)22-21-27(25-35)32-28(36)19-15-13-11-9-7-5-3-1-2-4-6-8-10-12-14-16-20-30(38)39/h23-27H,1-22H2,(H,31,37)(H,32,36)(H,38,39)/t26-,27-/m0/s1. The Morgan fingerprint density at radius 1 is 0.513 bits per heavy atom. The van der Waals surface area contributed by atoms with Crippen molar-refractivity contribution in [1.29, 1.82) is 0 Å². The van der Waals surface area contributed by atoms with E-state index in [1.54, 1.807) is 0 Å². The predicted molar refractivity (Wildman–Crippen MR) is 151 cm³/mol. The molecule has 0 spiro atoms. The van der Waals surface area contributed by atoms with E-state index < -0.39 is 24.0 Å². The molecular formula is C30H52N2O7. The molecular weight excluding hydrogens is 500 g/mol. The molecule has 0 rings (SSSR count). The minimum absolute atomic E-state index is 0.00664. The van der Waals surface area contributed by atoms with Crippen LogP contribution in [-0.4, -0.2) is 53.8 Å². The smallest absolute Gasteiger partial charge is 0.303 e. The SMILES string of the molecule is O=CCC[C@@H](C=O)NC(=O)CC[C@@H](C=O)NC(=O)CCCCCCCCCCCCCCCCCCC(=O)O. The van der Waals surface area contributed by atoms with Gasteiger partial charge in [-0.1, -0.05) is 89.9 Å². The Morgan fingerprint density at radius 2 is 0.872 bits per heavy atom. The number of nitrogens with one attached hydrogen (secondary N) is 2. The van der Waals surface area contributed by atoms with Crippen LogP contribution in [0.5, 0.6) is 0 Å². The van der Waals surface area contributed by atoms with Gasteiger partial charge in [-0.2, -0.15) is 0 Å². The molecule has 0 heterocycles. The number of aliphatic carboxylic acids is 1.